The minimum Gasteiger partial charge on any atom is -0.357 e. The van der Waals surface area contributed by atoms with Gasteiger partial charge >= 0.3 is 0 Å². The standard InChI is InChI=1S/C22H33N7.HI/c1-4-23-21(27(3)18-20-9-6-5-8-19(20)2)26-12-13-28-14-16-29(17-15-28)22-24-10-7-11-25-22;/h5-11H,4,12-18H2,1-3H3,(H,23,26);1H. The average Bonchev–Trinajstić information content (AvgIpc) is 2.76. The molecule has 0 spiro atoms. The number of piperazine rings is 1. The predicted molar refractivity (Wildman–Crippen MR) is 135 cm³/mol. The number of aryl methyl sites for hydroxylation is 1. The largest absolute Gasteiger partial charge is 0.357 e. The lowest BCUT2D eigenvalue weighted by molar-refractivity contribution is 0.263. The molecule has 164 valence electrons. The van der Waals surface area contributed by atoms with E-state index in [1.165, 1.54) is 11.1 Å². The lowest BCUT2D eigenvalue weighted by Crippen LogP contribution is -2.47. The maximum absolute atomic E-state index is 4.86. The molecule has 1 saturated heterocycles. The Morgan fingerprint density at radius 1 is 1.10 bits per heavy atom. The van der Waals surface area contributed by atoms with Crippen LogP contribution in [0.3, 0.4) is 0 Å². The molecule has 3 rings (SSSR count). The van der Waals surface area contributed by atoms with Gasteiger partial charge in [0, 0.05) is 65.3 Å². The van der Waals surface area contributed by atoms with Crippen molar-refractivity contribution >= 4 is 35.9 Å². The van der Waals surface area contributed by atoms with Crippen LogP contribution in [0.25, 0.3) is 0 Å². The summed E-state index contributed by atoms with van der Waals surface area (Å²) >= 11 is 0. The number of benzene rings is 1. The van der Waals surface area contributed by atoms with E-state index in [9.17, 15) is 0 Å². The van der Waals surface area contributed by atoms with Gasteiger partial charge < -0.3 is 15.1 Å². The number of guanidine groups is 1. The zero-order chi connectivity index (χ0) is 20.5. The fourth-order valence-corrected chi connectivity index (χ4v) is 3.51. The number of nitrogens with zero attached hydrogens (tertiary/aromatic N) is 6. The monoisotopic (exact) mass is 523 g/mol. The molecule has 0 saturated carbocycles. The van der Waals surface area contributed by atoms with Crippen molar-refractivity contribution in [3.05, 3.63) is 53.9 Å². The molecule has 0 atom stereocenters. The Balaban J connectivity index is 0.00000320. The van der Waals surface area contributed by atoms with Gasteiger partial charge in [0.15, 0.2) is 5.96 Å². The number of aliphatic imine (C=N–C) groups is 1. The number of hydrogen-bond acceptors (Lipinski definition) is 5. The van der Waals surface area contributed by atoms with Crippen LogP contribution in [-0.2, 0) is 6.54 Å². The van der Waals surface area contributed by atoms with Gasteiger partial charge in [-0.3, -0.25) is 9.89 Å². The molecule has 8 heteroatoms. The highest BCUT2D eigenvalue weighted by Crippen LogP contribution is 2.11. The maximum atomic E-state index is 4.86. The van der Waals surface area contributed by atoms with Gasteiger partial charge in [0.2, 0.25) is 5.95 Å². The van der Waals surface area contributed by atoms with Gasteiger partial charge in [-0.15, -0.1) is 24.0 Å². The van der Waals surface area contributed by atoms with Crippen molar-refractivity contribution in [1.82, 2.24) is 25.1 Å². The van der Waals surface area contributed by atoms with Crippen LogP contribution < -0.4 is 10.2 Å². The maximum Gasteiger partial charge on any atom is 0.225 e. The summed E-state index contributed by atoms with van der Waals surface area (Å²) in [6.45, 7) is 11.7. The van der Waals surface area contributed by atoms with Gasteiger partial charge in [-0.2, -0.15) is 0 Å². The number of anilines is 1. The second-order valence-corrected chi connectivity index (χ2v) is 7.40. The van der Waals surface area contributed by atoms with E-state index in [1.807, 2.05) is 6.07 Å². The molecule has 2 aromatic rings. The van der Waals surface area contributed by atoms with Crippen LogP contribution in [0.2, 0.25) is 0 Å². The molecule has 2 heterocycles. The third kappa shape index (κ3) is 7.09. The van der Waals surface area contributed by atoms with E-state index in [4.69, 9.17) is 4.99 Å². The Kier molecular flexibility index (Phi) is 10.3. The smallest absolute Gasteiger partial charge is 0.225 e. The van der Waals surface area contributed by atoms with Crippen LogP contribution in [0.5, 0.6) is 0 Å². The molecule has 7 nitrogen and oxygen atoms in total. The molecule has 1 aliphatic rings. The normalized spacial score (nSPS) is 14.9. The lowest BCUT2D eigenvalue weighted by atomic mass is 10.1. The summed E-state index contributed by atoms with van der Waals surface area (Å²) in [5, 5.41) is 3.42. The quantitative estimate of drug-likeness (QED) is 0.342. The number of aromatic nitrogens is 2. The Labute approximate surface area is 197 Å². The molecule has 0 amide bonds. The van der Waals surface area contributed by atoms with Crippen molar-refractivity contribution in [2.24, 2.45) is 4.99 Å². The van der Waals surface area contributed by atoms with E-state index in [-0.39, 0.29) is 24.0 Å². The topological polar surface area (TPSA) is 59.9 Å². The summed E-state index contributed by atoms with van der Waals surface area (Å²) in [4.78, 5) is 20.5. The summed E-state index contributed by atoms with van der Waals surface area (Å²) in [5.74, 6) is 1.80. The van der Waals surface area contributed by atoms with Gasteiger partial charge in [0.05, 0.1) is 6.54 Å². The molecule has 0 bridgehead atoms. The first kappa shape index (κ1) is 24.3. The van der Waals surface area contributed by atoms with Crippen molar-refractivity contribution in [3.63, 3.8) is 0 Å². The summed E-state index contributed by atoms with van der Waals surface area (Å²) in [5.41, 5.74) is 2.65. The fourth-order valence-electron chi connectivity index (χ4n) is 3.51. The molecule has 1 N–H and O–H groups in total. The second kappa shape index (κ2) is 12.7. The average molecular weight is 523 g/mol. The third-order valence-corrected chi connectivity index (χ3v) is 5.25. The molecular formula is C22H34IN7. The molecular weight excluding hydrogens is 489 g/mol. The minimum absolute atomic E-state index is 0. The van der Waals surface area contributed by atoms with Crippen LogP contribution in [-0.4, -0.2) is 78.6 Å². The summed E-state index contributed by atoms with van der Waals surface area (Å²) in [7, 11) is 2.10. The molecule has 1 fully saturated rings. The number of rotatable bonds is 7. The predicted octanol–water partition coefficient (Wildman–Crippen LogP) is 2.62. The van der Waals surface area contributed by atoms with Crippen LogP contribution in [0.15, 0.2) is 47.7 Å². The van der Waals surface area contributed by atoms with E-state index < -0.39 is 0 Å². The summed E-state index contributed by atoms with van der Waals surface area (Å²) in [6.07, 6.45) is 3.61. The van der Waals surface area contributed by atoms with Crippen molar-refractivity contribution in [3.8, 4) is 0 Å². The lowest BCUT2D eigenvalue weighted by Gasteiger charge is -2.34. The summed E-state index contributed by atoms with van der Waals surface area (Å²) < 4.78 is 0. The summed E-state index contributed by atoms with van der Waals surface area (Å²) in [6, 6.07) is 10.4. The molecule has 1 aromatic heterocycles. The fraction of sp³-hybridized carbons (Fsp3) is 0.500. The number of hydrogen-bond donors (Lipinski definition) is 1. The Morgan fingerprint density at radius 3 is 2.47 bits per heavy atom. The van der Waals surface area contributed by atoms with E-state index >= 15 is 0 Å². The highest BCUT2D eigenvalue weighted by atomic mass is 127. The zero-order valence-corrected chi connectivity index (χ0v) is 20.6. The van der Waals surface area contributed by atoms with Crippen LogP contribution in [0.1, 0.15) is 18.1 Å². The third-order valence-electron chi connectivity index (χ3n) is 5.25. The van der Waals surface area contributed by atoms with Gasteiger partial charge in [-0.25, -0.2) is 9.97 Å². The highest BCUT2D eigenvalue weighted by molar-refractivity contribution is 14.0. The Morgan fingerprint density at radius 2 is 1.80 bits per heavy atom. The first-order valence-corrected chi connectivity index (χ1v) is 10.5. The van der Waals surface area contributed by atoms with E-state index in [0.29, 0.717) is 0 Å². The van der Waals surface area contributed by atoms with E-state index in [1.54, 1.807) is 12.4 Å². The van der Waals surface area contributed by atoms with Crippen molar-refractivity contribution < 1.29 is 0 Å². The van der Waals surface area contributed by atoms with Crippen molar-refractivity contribution in [2.75, 3.05) is 57.8 Å². The number of nitrogens with one attached hydrogen (secondary N) is 1. The van der Waals surface area contributed by atoms with Crippen LogP contribution >= 0.6 is 24.0 Å². The van der Waals surface area contributed by atoms with Gasteiger partial charge in [0.1, 0.15) is 0 Å². The van der Waals surface area contributed by atoms with Crippen LogP contribution in [0.4, 0.5) is 5.95 Å². The molecule has 1 aromatic carbocycles. The van der Waals surface area contributed by atoms with Crippen molar-refractivity contribution in [2.45, 2.75) is 20.4 Å². The zero-order valence-electron chi connectivity index (χ0n) is 18.3. The van der Waals surface area contributed by atoms with Gasteiger partial charge in [-0.1, -0.05) is 24.3 Å². The van der Waals surface area contributed by atoms with E-state index in [0.717, 1.165) is 64.3 Å². The minimum atomic E-state index is 0. The Hall–Kier alpha value is -1.94. The molecule has 1 aliphatic heterocycles. The van der Waals surface area contributed by atoms with Gasteiger partial charge in [-0.05, 0) is 31.0 Å². The van der Waals surface area contributed by atoms with Crippen molar-refractivity contribution in [1.29, 1.82) is 0 Å². The molecule has 30 heavy (non-hydrogen) atoms. The van der Waals surface area contributed by atoms with Gasteiger partial charge in [0.25, 0.3) is 0 Å². The van der Waals surface area contributed by atoms with Crippen LogP contribution in [0, 0.1) is 6.92 Å². The molecule has 0 radical (unpaired) electrons. The highest BCUT2D eigenvalue weighted by Gasteiger charge is 2.18. The van der Waals surface area contributed by atoms with E-state index in [2.05, 4.69) is 75.1 Å². The first-order chi connectivity index (χ1) is 14.2. The number of halogens is 1. The SMILES string of the molecule is CCNC(=NCCN1CCN(c2ncccn2)CC1)N(C)Cc1ccccc1C.I. The molecule has 0 unspecified atom stereocenters. The second-order valence-electron chi connectivity index (χ2n) is 7.40. The first-order valence-electron chi connectivity index (χ1n) is 10.5. The molecule has 0 aliphatic carbocycles. The Bertz CT molecular complexity index is 776.